The predicted octanol–water partition coefficient (Wildman–Crippen LogP) is 2.01. The summed E-state index contributed by atoms with van der Waals surface area (Å²) < 4.78 is 0. The summed E-state index contributed by atoms with van der Waals surface area (Å²) in [6.45, 7) is 8.24. The van der Waals surface area contributed by atoms with Crippen molar-refractivity contribution in [3.8, 4) is 0 Å². The number of piperidine rings is 1. The molecule has 0 spiro atoms. The van der Waals surface area contributed by atoms with Crippen molar-refractivity contribution in [2.45, 2.75) is 52.5 Å². The average Bonchev–Trinajstić information content (AvgIpc) is 2.27. The second-order valence-electron chi connectivity index (χ2n) is 5.44. The molecule has 1 heterocycles. The molecule has 1 aliphatic rings. The van der Waals surface area contributed by atoms with Crippen LogP contribution in [0, 0.1) is 11.8 Å². The molecular weight excluding hydrogens is 200 g/mol. The Labute approximate surface area is 99.4 Å². The Balaban J connectivity index is 2.46. The van der Waals surface area contributed by atoms with Crippen LogP contribution < -0.4 is 5.73 Å². The third kappa shape index (κ3) is 3.78. The van der Waals surface area contributed by atoms with E-state index in [9.17, 15) is 4.79 Å². The first-order valence-electron chi connectivity index (χ1n) is 6.59. The molecule has 3 nitrogen and oxygen atoms in total. The number of carbonyl (C=O) groups is 1. The average molecular weight is 226 g/mol. The van der Waals surface area contributed by atoms with Crippen molar-refractivity contribution in [3.05, 3.63) is 0 Å². The lowest BCUT2D eigenvalue weighted by molar-refractivity contribution is -0.134. The van der Waals surface area contributed by atoms with Gasteiger partial charge in [-0.25, -0.2) is 0 Å². The van der Waals surface area contributed by atoms with Crippen LogP contribution in [0.15, 0.2) is 0 Å². The highest BCUT2D eigenvalue weighted by molar-refractivity contribution is 5.81. The lowest BCUT2D eigenvalue weighted by Gasteiger charge is -2.34. The highest BCUT2D eigenvalue weighted by Crippen LogP contribution is 2.20. The number of nitrogens with zero attached hydrogens (tertiary/aromatic N) is 1. The van der Waals surface area contributed by atoms with Crippen molar-refractivity contribution in [1.82, 2.24) is 4.90 Å². The summed E-state index contributed by atoms with van der Waals surface area (Å²) in [5.74, 6) is 1.33. The van der Waals surface area contributed by atoms with Crippen molar-refractivity contribution >= 4 is 5.91 Å². The maximum Gasteiger partial charge on any atom is 0.239 e. The molecule has 94 valence electrons. The number of rotatable bonds is 4. The first-order valence-corrected chi connectivity index (χ1v) is 6.59. The number of carbonyl (C=O) groups excluding carboxylic acids is 1. The van der Waals surface area contributed by atoms with Crippen LogP contribution in [-0.2, 0) is 4.79 Å². The van der Waals surface area contributed by atoms with Gasteiger partial charge in [-0.15, -0.1) is 0 Å². The maximum absolute atomic E-state index is 12.1. The second kappa shape index (κ2) is 6.24. The standard InChI is InChI=1S/C13H26N2O/c1-4-11-6-5-7-15(9-11)13(16)12(14)8-10(2)3/h10-12H,4-9,14H2,1-3H3/t11?,12-/m0/s1. The van der Waals surface area contributed by atoms with Crippen molar-refractivity contribution in [1.29, 1.82) is 0 Å². The highest BCUT2D eigenvalue weighted by atomic mass is 16.2. The molecule has 2 N–H and O–H groups in total. The fourth-order valence-corrected chi connectivity index (χ4v) is 2.44. The Morgan fingerprint density at radius 2 is 2.19 bits per heavy atom. The second-order valence-corrected chi connectivity index (χ2v) is 5.44. The van der Waals surface area contributed by atoms with E-state index in [1.807, 2.05) is 4.90 Å². The van der Waals surface area contributed by atoms with E-state index >= 15 is 0 Å². The van der Waals surface area contributed by atoms with Gasteiger partial charge in [0, 0.05) is 13.1 Å². The molecule has 1 rings (SSSR count). The van der Waals surface area contributed by atoms with Gasteiger partial charge in [0.25, 0.3) is 0 Å². The Hall–Kier alpha value is -0.570. The summed E-state index contributed by atoms with van der Waals surface area (Å²) in [5, 5.41) is 0. The van der Waals surface area contributed by atoms with Gasteiger partial charge < -0.3 is 10.6 Å². The van der Waals surface area contributed by atoms with Crippen LogP contribution in [0.4, 0.5) is 0 Å². The topological polar surface area (TPSA) is 46.3 Å². The summed E-state index contributed by atoms with van der Waals surface area (Å²) in [4.78, 5) is 14.1. The summed E-state index contributed by atoms with van der Waals surface area (Å²) >= 11 is 0. The largest absolute Gasteiger partial charge is 0.341 e. The normalized spacial score (nSPS) is 23.6. The Bertz CT molecular complexity index is 228. The van der Waals surface area contributed by atoms with Gasteiger partial charge in [0.1, 0.15) is 0 Å². The van der Waals surface area contributed by atoms with E-state index in [4.69, 9.17) is 5.73 Å². The summed E-state index contributed by atoms with van der Waals surface area (Å²) in [6, 6.07) is -0.296. The quantitative estimate of drug-likeness (QED) is 0.797. The lowest BCUT2D eigenvalue weighted by atomic mass is 9.94. The van der Waals surface area contributed by atoms with Gasteiger partial charge in [0.2, 0.25) is 5.91 Å². The predicted molar refractivity (Wildman–Crippen MR) is 67.0 cm³/mol. The number of likely N-dealkylation sites (tertiary alicyclic amines) is 1. The van der Waals surface area contributed by atoms with E-state index in [2.05, 4.69) is 20.8 Å². The smallest absolute Gasteiger partial charge is 0.239 e. The van der Waals surface area contributed by atoms with Crippen LogP contribution in [0.1, 0.15) is 46.5 Å². The van der Waals surface area contributed by atoms with Crippen LogP contribution in [0.3, 0.4) is 0 Å². The van der Waals surface area contributed by atoms with E-state index in [0.29, 0.717) is 11.8 Å². The summed E-state index contributed by atoms with van der Waals surface area (Å²) in [7, 11) is 0. The zero-order valence-corrected chi connectivity index (χ0v) is 10.9. The summed E-state index contributed by atoms with van der Waals surface area (Å²) in [6.07, 6.45) is 4.37. The van der Waals surface area contributed by atoms with Gasteiger partial charge in [-0.3, -0.25) is 4.79 Å². The lowest BCUT2D eigenvalue weighted by Crippen LogP contribution is -2.48. The van der Waals surface area contributed by atoms with Crippen LogP contribution >= 0.6 is 0 Å². The molecular formula is C13H26N2O. The molecule has 16 heavy (non-hydrogen) atoms. The van der Waals surface area contributed by atoms with Gasteiger partial charge in [-0.05, 0) is 31.1 Å². The Morgan fingerprint density at radius 1 is 1.50 bits per heavy atom. The number of amides is 1. The minimum absolute atomic E-state index is 0.159. The van der Waals surface area contributed by atoms with Crippen molar-refractivity contribution in [2.24, 2.45) is 17.6 Å². The van der Waals surface area contributed by atoms with Gasteiger partial charge in [0.05, 0.1) is 6.04 Å². The fraction of sp³-hybridized carbons (Fsp3) is 0.923. The monoisotopic (exact) mass is 226 g/mol. The van der Waals surface area contributed by atoms with Crippen LogP contribution in [0.5, 0.6) is 0 Å². The molecule has 1 unspecified atom stereocenters. The minimum atomic E-state index is -0.296. The molecule has 0 aromatic heterocycles. The molecule has 0 aliphatic carbocycles. The third-order valence-corrected chi connectivity index (χ3v) is 3.45. The van der Waals surface area contributed by atoms with Gasteiger partial charge in [0.15, 0.2) is 0 Å². The molecule has 0 aromatic rings. The molecule has 0 bridgehead atoms. The maximum atomic E-state index is 12.1. The minimum Gasteiger partial charge on any atom is -0.341 e. The summed E-state index contributed by atoms with van der Waals surface area (Å²) in [5.41, 5.74) is 5.94. The number of hydrogen-bond acceptors (Lipinski definition) is 2. The molecule has 1 amide bonds. The highest BCUT2D eigenvalue weighted by Gasteiger charge is 2.26. The molecule has 1 saturated heterocycles. The number of nitrogens with two attached hydrogens (primary N) is 1. The van der Waals surface area contributed by atoms with Crippen LogP contribution in [0.25, 0.3) is 0 Å². The van der Waals surface area contributed by atoms with E-state index in [-0.39, 0.29) is 11.9 Å². The van der Waals surface area contributed by atoms with E-state index < -0.39 is 0 Å². The fourth-order valence-electron chi connectivity index (χ4n) is 2.44. The SMILES string of the molecule is CCC1CCCN(C(=O)[C@@H](N)CC(C)C)C1. The molecule has 2 atom stereocenters. The third-order valence-electron chi connectivity index (χ3n) is 3.45. The van der Waals surface area contributed by atoms with Gasteiger partial charge in [-0.1, -0.05) is 27.2 Å². The van der Waals surface area contributed by atoms with Gasteiger partial charge in [-0.2, -0.15) is 0 Å². The van der Waals surface area contributed by atoms with Crippen molar-refractivity contribution < 1.29 is 4.79 Å². The first-order chi connectivity index (χ1) is 7.54. The van der Waals surface area contributed by atoms with Gasteiger partial charge >= 0.3 is 0 Å². The van der Waals surface area contributed by atoms with Crippen molar-refractivity contribution in [2.75, 3.05) is 13.1 Å². The Morgan fingerprint density at radius 3 is 2.75 bits per heavy atom. The molecule has 3 heteroatoms. The Kier molecular flexibility index (Phi) is 5.26. The first kappa shape index (κ1) is 13.5. The molecule has 0 aromatic carbocycles. The zero-order valence-electron chi connectivity index (χ0n) is 10.9. The van der Waals surface area contributed by atoms with E-state index in [1.54, 1.807) is 0 Å². The molecule has 1 fully saturated rings. The molecule has 1 aliphatic heterocycles. The van der Waals surface area contributed by atoms with E-state index in [1.165, 1.54) is 12.8 Å². The molecule has 0 saturated carbocycles. The van der Waals surface area contributed by atoms with Crippen LogP contribution in [-0.4, -0.2) is 29.9 Å². The van der Waals surface area contributed by atoms with Crippen LogP contribution in [0.2, 0.25) is 0 Å². The van der Waals surface area contributed by atoms with E-state index in [0.717, 1.165) is 25.9 Å². The number of hydrogen-bond donors (Lipinski definition) is 1. The zero-order chi connectivity index (χ0) is 12.1. The molecule has 0 radical (unpaired) electrons. The van der Waals surface area contributed by atoms with Crippen molar-refractivity contribution in [3.63, 3.8) is 0 Å².